The van der Waals surface area contributed by atoms with Gasteiger partial charge in [-0.25, -0.2) is 4.79 Å². The van der Waals surface area contributed by atoms with E-state index in [0.29, 0.717) is 16.9 Å². The van der Waals surface area contributed by atoms with Crippen molar-refractivity contribution in [2.24, 2.45) is 0 Å². The Morgan fingerprint density at radius 1 is 1.19 bits per heavy atom. The molecule has 3 aromatic rings. The summed E-state index contributed by atoms with van der Waals surface area (Å²) in [5, 5.41) is 0. The van der Waals surface area contributed by atoms with Gasteiger partial charge in [-0.05, 0) is 54.5 Å². The lowest BCUT2D eigenvalue weighted by molar-refractivity contribution is 0.0701. The average Bonchev–Trinajstić information content (AvgIpc) is 3.25. The second kappa shape index (κ2) is 6.33. The first-order chi connectivity index (χ1) is 12.6. The maximum atomic E-state index is 12.6. The van der Waals surface area contributed by atoms with Crippen molar-refractivity contribution in [1.29, 1.82) is 0 Å². The average molecular weight is 347 g/mol. The van der Waals surface area contributed by atoms with Gasteiger partial charge in [0, 0.05) is 18.5 Å². The van der Waals surface area contributed by atoms with Crippen molar-refractivity contribution in [1.82, 2.24) is 4.98 Å². The summed E-state index contributed by atoms with van der Waals surface area (Å²) in [5.41, 5.74) is 1.93. The number of pyridine rings is 1. The van der Waals surface area contributed by atoms with Crippen LogP contribution in [0.25, 0.3) is 6.08 Å². The van der Waals surface area contributed by atoms with E-state index in [4.69, 9.17) is 13.9 Å². The van der Waals surface area contributed by atoms with Crippen molar-refractivity contribution >= 4 is 17.8 Å². The van der Waals surface area contributed by atoms with Gasteiger partial charge in [-0.3, -0.25) is 9.78 Å². The van der Waals surface area contributed by atoms with E-state index < -0.39 is 5.97 Å². The first kappa shape index (κ1) is 15.8. The Hall–Kier alpha value is -3.67. The fraction of sp³-hybridized carbons (Fsp3) is 0.0500. The van der Waals surface area contributed by atoms with Crippen LogP contribution in [0, 0.1) is 6.92 Å². The molecule has 0 saturated heterocycles. The molecule has 0 bridgehead atoms. The molecule has 26 heavy (non-hydrogen) atoms. The van der Waals surface area contributed by atoms with Crippen LogP contribution in [0.3, 0.4) is 0 Å². The standard InChI is InChI=1S/C20H13NO5/c1-12-9-14(25-20(23)15-3-2-8-24-15)11-16-18(12)19(22)17(26-16)10-13-4-6-21-7-5-13/h2-11H,1H3. The summed E-state index contributed by atoms with van der Waals surface area (Å²) in [4.78, 5) is 28.6. The van der Waals surface area contributed by atoms with Crippen LogP contribution in [-0.4, -0.2) is 16.7 Å². The number of aromatic nitrogens is 1. The molecule has 0 unspecified atom stereocenters. The zero-order valence-corrected chi connectivity index (χ0v) is 13.8. The predicted octanol–water partition coefficient (Wildman–Crippen LogP) is 3.82. The Kier molecular flexibility index (Phi) is 3.85. The minimum Gasteiger partial charge on any atom is -0.457 e. The number of allylic oxidation sites excluding steroid dienone is 1. The minimum atomic E-state index is -0.619. The Labute approximate surface area is 148 Å². The Morgan fingerprint density at radius 3 is 2.73 bits per heavy atom. The molecule has 0 amide bonds. The van der Waals surface area contributed by atoms with Crippen molar-refractivity contribution in [2.75, 3.05) is 0 Å². The van der Waals surface area contributed by atoms with E-state index in [0.717, 1.165) is 5.56 Å². The van der Waals surface area contributed by atoms with Gasteiger partial charge in [-0.1, -0.05) is 0 Å². The number of benzene rings is 1. The summed E-state index contributed by atoms with van der Waals surface area (Å²) in [6, 6.07) is 9.80. The molecule has 2 aromatic heterocycles. The van der Waals surface area contributed by atoms with E-state index in [1.54, 1.807) is 49.7 Å². The van der Waals surface area contributed by atoms with Crippen LogP contribution in [0.15, 0.2) is 65.2 Å². The molecule has 1 aliphatic rings. The molecule has 4 rings (SSSR count). The number of esters is 1. The van der Waals surface area contributed by atoms with Gasteiger partial charge in [-0.15, -0.1) is 0 Å². The van der Waals surface area contributed by atoms with Gasteiger partial charge in [0.1, 0.15) is 11.5 Å². The lowest BCUT2D eigenvalue weighted by Gasteiger charge is -2.06. The number of hydrogen-bond donors (Lipinski definition) is 0. The molecule has 0 spiro atoms. The molecule has 0 atom stereocenters. The molecule has 0 saturated carbocycles. The maximum Gasteiger partial charge on any atom is 0.379 e. The quantitative estimate of drug-likeness (QED) is 0.407. The van der Waals surface area contributed by atoms with Crippen LogP contribution in [0.4, 0.5) is 0 Å². The number of aryl methyl sites for hydroxylation is 1. The van der Waals surface area contributed by atoms with E-state index in [1.807, 2.05) is 0 Å². The molecule has 0 radical (unpaired) electrons. The summed E-state index contributed by atoms with van der Waals surface area (Å²) < 4.78 is 16.0. The van der Waals surface area contributed by atoms with Crippen molar-refractivity contribution in [2.45, 2.75) is 6.92 Å². The molecule has 6 heteroatoms. The molecule has 0 fully saturated rings. The zero-order valence-electron chi connectivity index (χ0n) is 13.8. The highest BCUT2D eigenvalue weighted by Crippen LogP contribution is 2.37. The predicted molar refractivity (Wildman–Crippen MR) is 92.0 cm³/mol. The number of ether oxygens (including phenoxy) is 2. The van der Waals surface area contributed by atoms with Crippen LogP contribution >= 0.6 is 0 Å². The van der Waals surface area contributed by atoms with E-state index in [2.05, 4.69) is 4.98 Å². The highest BCUT2D eigenvalue weighted by molar-refractivity contribution is 6.15. The number of furan rings is 1. The van der Waals surface area contributed by atoms with Gasteiger partial charge < -0.3 is 13.9 Å². The van der Waals surface area contributed by atoms with Crippen LogP contribution in [0.2, 0.25) is 0 Å². The molecular formula is C20H13NO5. The number of Topliss-reactive ketones (excluding diaryl/α,β-unsaturated/α-hetero) is 1. The minimum absolute atomic E-state index is 0.0958. The molecule has 0 aliphatic carbocycles. The van der Waals surface area contributed by atoms with Gasteiger partial charge >= 0.3 is 5.97 Å². The highest BCUT2D eigenvalue weighted by Gasteiger charge is 2.30. The SMILES string of the molecule is Cc1cc(OC(=O)c2ccco2)cc2c1C(=O)C(=Cc1ccncc1)O2. The molecule has 3 heterocycles. The van der Waals surface area contributed by atoms with Crippen LogP contribution in [0.5, 0.6) is 11.5 Å². The molecule has 128 valence electrons. The number of rotatable bonds is 3. The number of carbonyl (C=O) groups is 2. The first-order valence-corrected chi connectivity index (χ1v) is 7.86. The summed E-state index contributed by atoms with van der Waals surface area (Å²) in [5.74, 6) is 0.116. The summed E-state index contributed by atoms with van der Waals surface area (Å²) in [6.07, 6.45) is 6.31. The lowest BCUT2D eigenvalue weighted by Crippen LogP contribution is -2.07. The molecular weight excluding hydrogens is 334 g/mol. The Morgan fingerprint density at radius 2 is 2.00 bits per heavy atom. The summed E-state index contributed by atoms with van der Waals surface area (Å²) in [6.45, 7) is 1.76. The largest absolute Gasteiger partial charge is 0.457 e. The van der Waals surface area contributed by atoms with Gasteiger partial charge in [0.25, 0.3) is 0 Å². The number of ketones is 1. The van der Waals surface area contributed by atoms with Crippen LogP contribution < -0.4 is 9.47 Å². The highest BCUT2D eigenvalue weighted by atomic mass is 16.5. The smallest absolute Gasteiger partial charge is 0.379 e. The summed E-state index contributed by atoms with van der Waals surface area (Å²) in [7, 11) is 0. The Bertz CT molecular complexity index is 1020. The van der Waals surface area contributed by atoms with Crippen molar-refractivity contribution in [3.05, 3.63) is 83.3 Å². The fourth-order valence-electron chi connectivity index (χ4n) is 2.70. The third-order valence-corrected chi connectivity index (χ3v) is 3.88. The third kappa shape index (κ3) is 2.88. The topological polar surface area (TPSA) is 78.6 Å². The monoisotopic (exact) mass is 347 g/mol. The maximum absolute atomic E-state index is 12.6. The third-order valence-electron chi connectivity index (χ3n) is 3.88. The second-order valence-corrected chi connectivity index (χ2v) is 5.70. The van der Waals surface area contributed by atoms with E-state index >= 15 is 0 Å². The molecule has 1 aliphatic heterocycles. The number of carbonyl (C=O) groups excluding carboxylic acids is 2. The zero-order chi connectivity index (χ0) is 18.1. The van der Waals surface area contributed by atoms with E-state index in [1.165, 1.54) is 18.4 Å². The van der Waals surface area contributed by atoms with Crippen molar-refractivity contribution in [3.63, 3.8) is 0 Å². The van der Waals surface area contributed by atoms with Gasteiger partial charge in [0.2, 0.25) is 11.5 Å². The summed E-state index contributed by atoms with van der Waals surface area (Å²) >= 11 is 0. The van der Waals surface area contributed by atoms with Gasteiger partial charge in [0.05, 0.1) is 11.8 Å². The first-order valence-electron chi connectivity index (χ1n) is 7.86. The van der Waals surface area contributed by atoms with Crippen LogP contribution in [0.1, 0.15) is 32.0 Å². The van der Waals surface area contributed by atoms with Gasteiger partial charge in [0.15, 0.2) is 5.76 Å². The number of fused-ring (bicyclic) bond motifs is 1. The van der Waals surface area contributed by atoms with E-state index in [-0.39, 0.29) is 23.1 Å². The second-order valence-electron chi connectivity index (χ2n) is 5.70. The van der Waals surface area contributed by atoms with E-state index in [9.17, 15) is 9.59 Å². The van der Waals surface area contributed by atoms with Gasteiger partial charge in [-0.2, -0.15) is 0 Å². The molecule has 0 N–H and O–H groups in total. The molecule has 1 aromatic carbocycles. The number of nitrogens with zero attached hydrogens (tertiary/aromatic N) is 1. The van der Waals surface area contributed by atoms with Crippen LogP contribution in [-0.2, 0) is 0 Å². The van der Waals surface area contributed by atoms with Crippen molar-refractivity contribution < 1.29 is 23.5 Å². The molecule has 6 nitrogen and oxygen atoms in total. The van der Waals surface area contributed by atoms with Crippen molar-refractivity contribution in [3.8, 4) is 11.5 Å². The normalized spacial score (nSPS) is 14.2. The lowest BCUT2D eigenvalue weighted by atomic mass is 10.0. The fourth-order valence-corrected chi connectivity index (χ4v) is 2.70. The number of hydrogen-bond acceptors (Lipinski definition) is 6. The Balaban J connectivity index is 1.63.